The predicted molar refractivity (Wildman–Crippen MR) is 110 cm³/mol. The van der Waals surface area contributed by atoms with Crippen LogP contribution in [0.4, 0.5) is 0 Å². The summed E-state index contributed by atoms with van der Waals surface area (Å²) in [7, 11) is 1.61. The van der Waals surface area contributed by atoms with Gasteiger partial charge in [0.2, 0.25) is 0 Å². The van der Waals surface area contributed by atoms with Crippen LogP contribution < -0.4 is 15.2 Å². The van der Waals surface area contributed by atoms with E-state index in [0.29, 0.717) is 17.5 Å². The molecule has 1 atom stereocenters. The third-order valence-corrected chi connectivity index (χ3v) is 5.27. The molecule has 1 aliphatic heterocycles. The molecule has 1 fully saturated rings. The highest BCUT2D eigenvalue weighted by atomic mass is 16.5. The normalized spacial score (nSPS) is 17.7. The van der Waals surface area contributed by atoms with Crippen molar-refractivity contribution in [3.05, 3.63) is 59.2 Å². The second-order valence-electron chi connectivity index (χ2n) is 7.49. The van der Waals surface area contributed by atoms with Crippen LogP contribution in [0.15, 0.2) is 42.5 Å². The molecule has 5 nitrogen and oxygen atoms in total. The van der Waals surface area contributed by atoms with E-state index in [-0.39, 0.29) is 6.61 Å². The van der Waals surface area contributed by atoms with E-state index in [4.69, 9.17) is 15.2 Å². The van der Waals surface area contributed by atoms with Crippen molar-refractivity contribution in [1.29, 1.82) is 0 Å². The van der Waals surface area contributed by atoms with Crippen molar-refractivity contribution < 1.29 is 14.3 Å². The number of benzene rings is 2. The first-order valence-corrected chi connectivity index (χ1v) is 9.95. The van der Waals surface area contributed by atoms with Crippen molar-refractivity contribution in [2.45, 2.75) is 45.2 Å². The fourth-order valence-corrected chi connectivity index (χ4v) is 3.92. The highest BCUT2D eigenvalue weighted by molar-refractivity contribution is 5.75. The molecular weight excluding hydrogens is 352 g/mol. The zero-order chi connectivity index (χ0) is 19.9. The molecule has 2 N–H and O–H groups in total. The Morgan fingerprint density at radius 3 is 2.75 bits per heavy atom. The van der Waals surface area contributed by atoms with E-state index in [9.17, 15) is 4.79 Å². The number of aryl methyl sites for hydroxylation is 1. The van der Waals surface area contributed by atoms with Crippen molar-refractivity contribution in [3.63, 3.8) is 0 Å². The van der Waals surface area contributed by atoms with Crippen molar-refractivity contribution in [2.24, 2.45) is 5.73 Å². The van der Waals surface area contributed by atoms with Crippen molar-refractivity contribution in [1.82, 2.24) is 4.90 Å². The lowest BCUT2D eigenvalue weighted by atomic mass is 9.98. The van der Waals surface area contributed by atoms with Gasteiger partial charge in [0.15, 0.2) is 18.1 Å². The molecule has 0 aromatic heterocycles. The number of methoxy groups -OCH3 is 1. The van der Waals surface area contributed by atoms with E-state index >= 15 is 0 Å². The highest BCUT2D eigenvalue weighted by Crippen LogP contribution is 2.34. The first kappa shape index (κ1) is 20.2. The van der Waals surface area contributed by atoms with Gasteiger partial charge in [0.05, 0.1) is 7.11 Å². The van der Waals surface area contributed by atoms with E-state index < -0.39 is 5.91 Å². The average molecular weight is 383 g/mol. The molecule has 1 saturated heterocycles. The minimum atomic E-state index is -0.503. The van der Waals surface area contributed by atoms with E-state index in [1.807, 2.05) is 18.2 Å². The summed E-state index contributed by atoms with van der Waals surface area (Å²) in [4.78, 5) is 13.5. The van der Waals surface area contributed by atoms with Crippen LogP contribution in [0, 0.1) is 6.92 Å². The molecule has 1 amide bonds. The van der Waals surface area contributed by atoms with E-state index in [0.717, 1.165) is 13.1 Å². The molecule has 0 bridgehead atoms. The van der Waals surface area contributed by atoms with Gasteiger partial charge in [0.1, 0.15) is 0 Å². The molecule has 0 spiro atoms. The first-order chi connectivity index (χ1) is 13.6. The summed E-state index contributed by atoms with van der Waals surface area (Å²) in [5.74, 6) is 0.661. The fourth-order valence-electron chi connectivity index (χ4n) is 3.92. The summed E-state index contributed by atoms with van der Waals surface area (Å²) in [5, 5.41) is 0. The lowest BCUT2D eigenvalue weighted by Crippen LogP contribution is -2.28. The lowest BCUT2D eigenvalue weighted by Gasteiger charge is -2.31. The van der Waals surface area contributed by atoms with Crippen LogP contribution >= 0.6 is 0 Å². The monoisotopic (exact) mass is 382 g/mol. The third kappa shape index (κ3) is 5.26. The maximum absolute atomic E-state index is 11.0. The molecule has 3 rings (SSSR count). The maximum Gasteiger partial charge on any atom is 0.255 e. The zero-order valence-electron chi connectivity index (χ0n) is 16.8. The van der Waals surface area contributed by atoms with Crippen LogP contribution in [0.25, 0.3) is 0 Å². The zero-order valence-corrected chi connectivity index (χ0v) is 16.8. The topological polar surface area (TPSA) is 64.8 Å². The molecule has 1 aliphatic rings. The van der Waals surface area contributed by atoms with Gasteiger partial charge in [-0.2, -0.15) is 0 Å². The number of carbonyl (C=O) groups is 1. The Balaban J connectivity index is 1.80. The van der Waals surface area contributed by atoms with Crippen LogP contribution in [0.3, 0.4) is 0 Å². The first-order valence-electron chi connectivity index (χ1n) is 9.95. The van der Waals surface area contributed by atoms with Gasteiger partial charge in [0.25, 0.3) is 5.91 Å². The Kier molecular flexibility index (Phi) is 6.93. The van der Waals surface area contributed by atoms with Crippen molar-refractivity contribution in [2.75, 3.05) is 20.3 Å². The number of primary amides is 1. The molecule has 1 heterocycles. The summed E-state index contributed by atoms with van der Waals surface area (Å²) in [6.07, 6.45) is 4.94. The lowest BCUT2D eigenvalue weighted by molar-refractivity contribution is -0.119. The Hall–Kier alpha value is -2.53. The van der Waals surface area contributed by atoms with Gasteiger partial charge in [-0.05, 0) is 49.6 Å². The summed E-state index contributed by atoms with van der Waals surface area (Å²) in [6, 6.07) is 15.2. The number of hydrogen-bond donors (Lipinski definition) is 1. The molecule has 2 aromatic carbocycles. The van der Waals surface area contributed by atoms with E-state index in [2.05, 4.69) is 36.1 Å². The largest absolute Gasteiger partial charge is 0.493 e. The number of hydrogen-bond acceptors (Lipinski definition) is 4. The molecule has 0 aliphatic carbocycles. The summed E-state index contributed by atoms with van der Waals surface area (Å²) < 4.78 is 10.9. The number of ether oxygens (including phenoxy) is 2. The summed E-state index contributed by atoms with van der Waals surface area (Å²) >= 11 is 0. The molecule has 5 heteroatoms. The van der Waals surface area contributed by atoms with Crippen LogP contribution in [0.5, 0.6) is 11.5 Å². The van der Waals surface area contributed by atoms with Crippen LogP contribution in [0.1, 0.15) is 48.4 Å². The second-order valence-corrected chi connectivity index (χ2v) is 7.49. The number of likely N-dealkylation sites (tertiary alicyclic amines) is 1. The van der Waals surface area contributed by atoms with Crippen LogP contribution in [-0.2, 0) is 11.3 Å². The number of nitrogens with zero attached hydrogens (tertiary/aromatic N) is 1. The van der Waals surface area contributed by atoms with Gasteiger partial charge in [-0.1, -0.05) is 48.7 Å². The van der Waals surface area contributed by atoms with E-state index in [1.54, 1.807) is 7.11 Å². The van der Waals surface area contributed by atoms with Gasteiger partial charge >= 0.3 is 0 Å². The smallest absolute Gasteiger partial charge is 0.255 e. The minimum Gasteiger partial charge on any atom is -0.493 e. The van der Waals surface area contributed by atoms with Crippen LogP contribution in [-0.4, -0.2) is 31.1 Å². The number of amides is 1. The minimum absolute atomic E-state index is 0.155. The molecule has 2 aromatic rings. The maximum atomic E-state index is 11.0. The highest BCUT2D eigenvalue weighted by Gasteiger charge is 2.23. The molecule has 0 radical (unpaired) electrons. The molecule has 0 unspecified atom stereocenters. The molecule has 150 valence electrons. The Labute approximate surface area is 167 Å². The molecule has 28 heavy (non-hydrogen) atoms. The average Bonchev–Trinajstić information content (AvgIpc) is 2.92. The standard InChI is InChI=1S/C23H30N2O3/c1-17-7-6-8-19(13-17)20-9-4-3-5-12-25(20)15-18-10-11-21(22(14-18)27-2)28-16-23(24)26/h6-8,10-11,13-14,20H,3-5,9,12,15-16H2,1-2H3,(H2,24,26)/t20-/m1/s1. The molecule has 0 saturated carbocycles. The Morgan fingerprint density at radius 2 is 2.00 bits per heavy atom. The number of carbonyl (C=O) groups excluding carboxylic acids is 1. The Morgan fingerprint density at radius 1 is 1.14 bits per heavy atom. The summed E-state index contributed by atoms with van der Waals surface area (Å²) in [6.45, 7) is 3.93. The Bertz CT molecular complexity index is 806. The quantitative estimate of drug-likeness (QED) is 0.786. The van der Waals surface area contributed by atoms with Crippen molar-refractivity contribution in [3.8, 4) is 11.5 Å². The number of rotatable bonds is 7. The fraction of sp³-hybridized carbons (Fsp3) is 0.435. The van der Waals surface area contributed by atoms with Crippen LogP contribution in [0.2, 0.25) is 0 Å². The van der Waals surface area contributed by atoms with E-state index in [1.165, 1.54) is 42.4 Å². The van der Waals surface area contributed by atoms with Crippen molar-refractivity contribution >= 4 is 5.91 Å². The number of nitrogens with two attached hydrogens (primary N) is 1. The van der Waals surface area contributed by atoms with Gasteiger partial charge in [-0.15, -0.1) is 0 Å². The summed E-state index contributed by atoms with van der Waals surface area (Å²) in [5.41, 5.74) is 9.04. The van der Waals surface area contributed by atoms with Gasteiger partial charge < -0.3 is 15.2 Å². The third-order valence-electron chi connectivity index (χ3n) is 5.27. The SMILES string of the molecule is COc1cc(CN2CCCCC[C@@H]2c2cccc(C)c2)ccc1OCC(N)=O. The molecular formula is C23H30N2O3. The van der Waals surface area contributed by atoms with Gasteiger partial charge in [-0.25, -0.2) is 0 Å². The van der Waals surface area contributed by atoms with Gasteiger partial charge in [0, 0.05) is 12.6 Å². The predicted octanol–water partition coefficient (Wildman–Crippen LogP) is 3.99. The van der Waals surface area contributed by atoms with Gasteiger partial charge in [-0.3, -0.25) is 9.69 Å². The second kappa shape index (κ2) is 9.60.